The van der Waals surface area contributed by atoms with Crippen molar-refractivity contribution in [3.05, 3.63) is 23.8 Å². The van der Waals surface area contributed by atoms with Gasteiger partial charge in [-0.3, -0.25) is 4.79 Å². The predicted molar refractivity (Wildman–Crippen MR) is 76.4 cm³/mol. The van der Waals surface area contributed by atoms with Gasteiger partial charge in [0.15, 0.2) is 0 Å². The molecule has 1 aliphatic rings. The summed E-state index contributed by atoms with van der Waals surface area (Å²) in [4.78, 5) is 14.3. The van der Waals surface area contributed by atoms with Crippen LogP contribution in [-0.4, -0.2) is 31.0 Å². The average molecular weight is 262 g/mol. The third-order valence-electron chi connectivity index (χ3n) is 3.92. The Bertz CT molecular complexity index is 453. The lowest BCUT2D eigenvalue weighted by Gasteiger charge is -2.31. The summed E-state index contributed by atoms with van der Waals surface area (Å²) in [5.41, 5.74) is 6.99. The summed E-state index contributed by atoms with van der Waals surface area (Å²) in [6.45, 7) is 0. The van der Waals surface area contributed by atoms with Crippen molar-refractivity contribution < 1.29 is 9.53 Å². The Morgan fingerprint density at radius 1 is 1.32 bits per heavy atom. The minimum atomic E-state index is 0.0428. The summed E-state index contributed by atoms with van der Waals surface area (Å²) in [5, 5.41) is 0. The highest BCUT2D eigenvalue weighted by Gasteiger charge is 2.23. The van der Waals surface area contributed by atoms with E-state index in [2.05, 4.69) is 0 Å². The molecule has 1 aliphatic carbocycles. The lowest BCUT2D eigenvalue weighted by atomic mass is 9.94. The van der Waals surface area contributed by atoms with E-state index in [1.807, 2.05) is 11.9 Å². The molecule has 0 spiro atoms. The highest BCUT2D eigenvalue weighted by Crippen LogP contribution is 2.25. The van der Waals surface area contributed by atoms with E-state index in [-0.39, 0.29) is 5.91 Å². The van der Waals surface area contributed by atoms with Gasteiger partial charge < -0.3 is 15.4 Å². The van der Waals surface area contributed by atoms with Gasteiger partial charge in [0.05, 0.1) is 12.8 Å². The van der Waals surface area contributed by atoms with Crippen LogP contribution < -0.4 is 10.5 Å². The molecule has 1 amide bonds. The molecule has 0 radical (unpaired) electrons. The third-order valence-corrected chi connectivity index (χ3v) is 3.92. The number of amides is 1. The molecule has 0 aromatic heterocycles. The molecule has 4 nitrogen and oxygen atoms in total. The molecule has 4 heteroatoms. The van der Waals surface area contributed by atoms with Crippen LogP contribution in [0, 0.1) is 0 Å². The monoisotopic (exact) mass is 262 g/mol. The van der Waals surface area contributed by atoms with E-state index >= 15 is 0 Å². The van der Waals surface area contributed by atoms with E-state index < -0.39 is 0 Å². The second-order valence-corrected chi connectivity index (χ2v) is 5.16. The average Bonchev–Trinajstić information content (AvgIpc) is 2.46. The van der Waals surface area contributed by atoms with Gasteiger partial charge in [-0.05, 0) is 31.0 Å². The number of nitrogen functional groups attached to an aromatic ring is 1. The molecule has 0 unspecified atom stereocenters. The topological polar surface area (TPSA) is 55.6 Å². The number of benzene rings is 1. The fourth-order valence-corrected chi connectivity index (χ4v) is 2.71. The van der Waals surface area contributed by atoms with E-state index in [0.717, 1.165) is 12.8 Å². The normalized spacial score (nSPS) is 16.1. The van der Waals surface area contributed by atoms with Crippen LogP contribution in [0.5, 0.6) is 5.75 Å². The van der Waals surface area contributed by atoms with Crippen molar-refractivity contribution in [3.63, 3.8) is 0 Å². The van der Waals surface area contributed by atoms with Crippen LogP contribution in [0.4, 0.5) is 5.69 Å². The number of rotatable bonds is 3. The van der Waals surface area contributed by atoms with Crippen LogP contribution in [0.25, 0.3) is 0 Å². The van der Waals surface area contributed by atoms with E-state index in [1.165, 1.54) is 19.3 Å². The molecular weight excluding hydrogens is 240 g/mol. The molecule has 19 heavy (non-hydrogen) atoms. The Kier molecular flexibility index (Phi) is 4.30. The van der Waals surface area contributed by atoms with E-state index in [9.17, 15) is 4.79 Å². The first-order valence-corrected chi connectivity index (χ1v) is 6.84. The van der Waals surface area contributed by atoms with Crippen molar-refractivity contribution in [1.82, 2.24) is 4.90 Å². The first kappa shape index (κ1) is 13.7. The van der Waals surface area contributed by atoms with E-state index in [0.29, 0.717) is 23.0 Å². The van der Waals surface area contributed by atoms with Crippen LogP contribution in [0.1, 0.15) is 42.5 Å². The molecule has 0 atom stereocenters. The number of carbonyl (C=O) groups excluding carboxylic acids is 1. The minimum absolute atomic E-state index is 0.0428. The van der Waals surface area contributed by atoms with Gasteiger partial charge in [0.2, 0.25) is 0 Å². The molecule has 2 rings (SSSR count). The molecule has 1 saturated carbocycles. The highest BCUT2D eigenvalue weighted by atomic mass is 16.5. The number of hydrogen-bond donors (Lipinski definition) is 1. The lowest BCUT2D eigenvalue weighted by Crippen LogP contribution is -2.38. The minimum Gasteiger partial charge on any atom is -0.495 e. The van der Waals surface area contributed by atoms with Crippen molar-refractivity contribution in [2.45, 2.75) is 38.1 Å². The van der Waals surface area contributed by atoms with Crippen molar-refractivity contribution in [3.8, 4) is 5.75 Å². The Morgan fingerprint density at radius 2 is 2.00 bits per heavy atom. The van der Waals surface area contributed by atoms with E-state index in [4.69, 9.17) is 10.5 Å². The molecular formula is C15H22N2O2. The van der Waals surface area contributed by atoms with Crippen molar-refractivity contribution in [2.75, 3.05) is 19.9 Å². The number of nitrogens with two attached hydrogens (primary N) is 1. The summed E-state index contributed by atoms with van der Waals surface area (Å²) in [6.07, 6.45) is 5.93. The molecule has 1 aromatic carbocycles. The van der Waals surface area contributed by atoms with Crippen LogP contribution in [0.3, 0.4) is 0 Å². The number of hydrogen-bond acceptors (Lipinski definition) is 3. The summed E-state index contributed by atoms with van der Waals surface area (Å²) >= 11 is 0. The summed E-state index contributed by atoms with van der Waals surface area (Å²) < 4.78 is 5.11. The molecule has 0 saturated heterocycles. The molecule has 0 aliphatic heterocycles. The van der Waals surface area contributed by atoms with Crippen molar-refractivity contribution in [2.24, 2.45) is 0 Å². The van der Waals surface area contributed by atoms with Crippen LogP contribution in [0.15, 0.2) is 18.2 Å². The fraction of sp³-hybridized carbons (Fsp3) is 0.533. The summed E-state index contributed by atoms with van der Waals surface area (Å²) in [6, 6.07) is 5.58. The summed E-state index contributed by atoms with van der Waals surface area (Å²) in [5.74, 6) is 0.651. The maximum Gasteiger partial charge on any atom is 0.253 e. The Balaban J connectivity index is 2.12. The zero-order valence-electron chi connectivity index (χ0n) is 11.7. The highest BCUT2D eigenvalue weighted by molar-refractivity contribution is 5.95. The first-order valence-electron chi connectivity index (χ1n) is 6.84. The first-order chi connectivity index (χ1) is 9.13. The van der Waals surface area contributed by atoms with Crippen LogP contribution in [-0.2, 0) is 0 Å². The molecule has 104 valence electrons. The van der Waals surface area contributed by atoms with Gasteiger partial charge in [-0.25, -0.2) is 0 Å². The zero-order chi connectivity index (χ0) is 13.8. The Hall–Kier alpha value is -1.71. The Labute approximate surface area is 114 Å². The largest absolute Gasteiger partial charge is 0.495 e. The number of carbonyl (C=O) groups is 1. The molecule has 1 fully saturated rings. The number of anilines is 1. The van der Waals surface area contributed by atoms with Gasteiger partial charge in [0.25, 0.3) is 5.91 Å². The van der Waals surface area contributed by atoms with Gasteiger partial charge in [-0.2, -0.15) is 0 Å². The number of methoxy groups -OCH3 is 1. The zero-order valence-corrected chi connectivity index (χ0v) is 11.7. The Morgan fingerprint density at radius 3 is 2.58 bits per heavy atom. The van der Waals surface area contributed by atoms with Gasteiger partial charge in [-0.15, -0.1) is 0 Å². The van der Waals surface area contributed by atoms with Gasteiger partial charge in [0.1, 0.15) is 5.75 Å². The predicted octanol–water partition coefficient (Wildman–Crippen LogP) is 2.68. The summed E-state index contributed by atoms with van der Waals surface area (Å²) in [7, 11) is 3.46. The number of nitrogens with zero attached hydrogens (tertiary/aromatic N) is 1. The molecule has 0 heterocycles. The second-order valence-electron chi connectivity index (χ2n) is 5.16. The smallest absolute Gasteiger partial charge is 0.253 e. The molecule has 2 N–H and O–H groups in total. The molecule has 0 bridgehead atoms. The van der Waals surface area contributed by atoms with Crippen LogP contribution >= 0.6 is 0 Å². The van der Waals surface area contributed by atoms with Gasteiger partial charge in [0, 0.05) is 18.7 Å². The van der Waals surface area contributed by atoms with Crippen LogP contribution in [0.2, 0.25) is 0 Å². The molecule has 1 aromatic rings. The maximum absolute atomic E-state index is 12.4. The SMILES string of the molecule is COc1ccc(C(=O)N(C)C2CCCCC2)cc1N. The second kappa shape index (κ2) is 5.95. The quantitative estimate of drug-likeness (QED) is 0.852. The van der Waals surface area contributed by atoms with Crippen molar-refractivity contribution >= 4 is 11.6 Å². The van der Waals surface area contributed by atoms with Gasteiger partial charge in [-0.1, -0.05) is 19.3 Å². The lowest BCUT2D eigenvalue weighted by molar-refractivity contribution is 0.0696. The van der Waals surface area contributed by atoms with Crippen molar-refractivity contribution in [1.29, 1.82) is 0 Å². The van der Waals surface area contributed by atoms with E-state index in [1.54, 1.807) is 25.3 Å². The third kappa shape index (κ3) is 3.00. The van der Waals surface area contributed by atoms with Gasteiger partial charge >= 0.3 is 0 Å². The standard InChI is InChI=1S/C15H22N2O2/c1-17(12-6-4-3-5-7-12)15(18)11-8-9-14(19-2)13(16)10-11/h8-10,12H,3-7,16H2,1-2H3. The maximum atomic E-state index is 12.4. The number of ether oxygens (including phenoxy) is 1. The fourth-order valence-electron chi connectivity index (χ4n) is 2.71.